The highest BCUT2D eigenvalue weighted by Crippen LogP contribution is 2.33. The third kappa shape index (κ3) is 2.48. The van der Waals surface area contributed by atoms with Gasteiger partial charge in [0.05, 0.1) is 6.04 Å². The van der Waals surface area contributed by atoms with Crippen LogP contribution in [0.4, 0.5) is 5.82 Å². The van der Waals surface area contributed by atoms with Gasteiger partial charge in [-0.2, -0.15) is 5.10 Å². The minimum Gasteiger partial charge on any atom is -0.477 e. The largest absolute Gasteiger partial charge is 0.477 e. The molecule has 0 saturated heterocycles. The topological polar surface area (TPSA) is 81.1 Å². The fourth-order valence-electron chi connectivity index (χ4n) is 2.55. The SMILES string of the molecule is CSc1nn(C2CCCCCC2)c(N)c1C(=O)O. The molecule has 0 aromatic carbocycles. The number of nitrogen functional groups attached to an aromatic ring is 1. The quantitative estimate of drug-likeness (QED) is 0.651. The molecule has 100 valence electrons. The van der Waals surface area contributed by atoms with Crippen molar-refractivity contribution in [3.8, 4) is 0 Å². The summed E-state index contributed by atoms with van der Waals surface area (Å²) < 4.78 is 1.74. The molecule has 1 aromatic heterocycles. The van der Waals surface area contributed by atoms with Gasteiger partial charge in [0.1, 0.15) is 16.4 Å². The number of aromatic nitrogens is 2. The zero-order valence-electron chi connectivity index (χ0n) is 10.6. The fraction of sp³-hybridized carbons (Fsp3) is 0.667. The second-order valence-corrected chi connectivity index (χ2v) is 5.46. The molecule has 0 spiro atoms. The van der Waals surface area contributed by atoms with Crippen molar-refractivity contribution in [2.24, 2.45) is 0 Å². The van der Waals surface area contributed by atoms with E-state index in [1.165, 1.54) is 37.4 Å². The Balaban J connectivity index is 2.35. The zero-order chi connectivity index (χ0) is 13.1. The Morgan fingerprint density at radius 1 is 1.39 bits per heavy atom. The van der Waals surface area contributed by atoms with Crippen LogP contribution in [0.2, 0.25) is 0 Å². The molecule has 0 amide bonds. The van der Waals surface area contributed by atoms with Crippen LogP contribution in [0.3, 0.4) is 0 Å². The Hall–Kier alpha value is -1.17. The van der Waals surface area contributed by atoms with E-state index in [9.17, 15) is 9.90 Å². The van der Waals surface area contributed by atoms with E-state index in [4.69, 9.17) is 5.73 Å². The first-order chi connectivity index (χ1) is 8.65. The molecule has 1 heterocycles. The molecular formula is C12H19N3O2S. The highest BCUT2D eigenvalue weighted by Gasteiger charge is 2.25. The Labute approximate surface area is 111 Å². The lowest BCUT2D eigenvalue weighted by molar-refractivity contribution is 0.0694. The molecule has 1 saturated carbocycles. The molecule has 3 N–H and O–H groups in total. The smallest absolute Gasteiger partial charge is 0.342 e. The van der Waals surface area contributed by atoms with E-state index in [1.54, 1.807) is 4.68 Å². The fourth-order valence-corrected chi connectivity index (χ4v) is 3.12. The van der Waals surface area contributed by atoms with E-state index in [2.05, 4.69) is 5.10 Å². The van der Waals surface area contributed by atoms with Crippen LogP contribution in [0.1, 0.15) is 54.9 Å². The number of hydrogen-bond donors (Lipinski definition) is 2. The van der Waals surface area contributed by atoms with E-state index < -0.39 is 5.97 Å². The average molecular weight is 269 g/mol. The average Bonchev–Trinajstić information content (AvgIpc) is 2.54. The predicted molar refractivity (Wildman–Crippen MR) is 72.1 cm³/mol. The van der Waals surface area contributed by atoms with Crippen molar-refractivity contribution < 1.29 is 9.90 Å². The highest BCUT2D eigenvalue weighted by molar-refractivity contribution is 7.98. The first kappa shape index (κ1) is 13.3. The van der Waals surface area contributed by atoms with Gasteiger partial charge in [0, 0.05) is 0 Å². The van der Waals surface area contributed by atoms with Gasteiger partial charge in [-0.15, -0.1) is 11.8 Å². The number of carboxylic acid groups (broad SMARTS) is 1. The third-order valence-corrected chi connectivity index (χ3v) is 4.17. The first-order valence-corrected chi connectivity index (χ1v) is 7.53. The number of thioether (sulfide) groups is 1. The van der Waals surface area contributed by atoms with E-state index >= 15 is 0 Å². The van der Waals surface area contributed by atoms with Crippen molar-refractivity contribution in [2.45, 2.75) is 49.6 Å². The van der Waals surface area contributed by atoms with E-state index in [0.717, 1.165) is 12.8 Å². The number of anilines is 1. The van der Waals surface area contributed by atoms with Gasteiger partial charge >= 0.3 is 5.97 Å². The van der Waals surface area contributed by atoms with Crippen molar-refractivity contribution in [3.63, 3.8) is 0 Å². The number of nitrogens with two attached hydrogens (primary N) is 1. The summed E-state index contributed by atoms with van der Waals surface area (Å²) in [5.74, 6) is -0.685. The molecule has 5 nitrogen and oxygen atoms in total. The summed E-state index contributed by atoms with van der Waals surface area (Å²) in [4.78, 5) is 11.2. The van der Waals surface area contributed by atoms with Gasteiger partial charge in [0.25, 0.3) is 0 Å². The lowest BCUT2D eigenvalue weighted by Crippen LogP contribution is -2.13. The third-order valence-electron chi connectivity index (χ3n) is 3.49. The van der Waals surface area contributed by atoms with Crippen molar-refractivity contribution >= 4 is 23.5 Å². The molecule has 0 atom stereocenters. The summed E-state index contributed by atoms with van der Waals surface area (Å²) in [5, 5.41) is 14.1. The lowest BCUT2D eigenvalue weighted by atomic mass is 10.1. The van der Waals surface area contributed by atoms with Gasteiger partial charge in [0.15, 0.2) is 0 Å². The van der Waals surface area contributed by atoms with Crippen LogP contribution in [0, 0.1) is 0 Å². The van der Waals surface area contributed by atoms with Gasteiger partial charge < -0.3 is 10.8 Å². The second kappa shape index (κ2) is 5.65. The first-order valence-electron chi connectivity index (χ1n) is 6.30. The van der Waals surface area contributed by atoms with Crippen LogP contribution in [0.25, 0.3) is 0 Å². The van der Waals surface area contributed by atoms with Gasteiger partial charge in [0.2, 0.25) is 0 Å². The summed E-state index contributed by atoms with van der Waals surface area (Å²) in [6.07, 6.45) is 8.74. The molecule has 0 aliphatic heterocycles. The van der Waals surface area contributed by atoms with Crippen molar-refractivity contribution in [1.82, 2.24) is 9.78 Å². The maximum atomic E-state index is 11.2. The van der Waals surface area contributed by atoms with Crippen molar-refractivity contribution in [1.29, 1.82) is 0 Å². The van der Waals surface area contributed by atoms with Gasteiger partial charge in [-0.3, -0.25) is 0 Å². The standard InChI is InChI=1S/C12H19N3O2S/c1-18-11-9(12(16)17)10(13)15(14-11)8-6-4-2-3-5-7-8/h8H,2-7,13H2,1H3,(H,16,17). The summed E-state index contributed by atoms with van der Waals surface area (Å²) in [7, 11) is 0. The van der Waals surface area contributed by atoms with Crippen LogP contribution in [-0.2, 0) is 0 Å². The summed E-state index contributed by atoms with van der Waals surface area (Å²) in [6.45, 7) is 0. The van der Waals surface area contributed by atoms with Gasteiger partial charge in [-0.1, -0.05) is 25.7 Å². The maximum absolute atomic E-state index is 11.2. The van der Waals surface area contributed by atoms with Crippen LogP contribution in [0.15, 0.2) is 5.03 Å². The normalized spacial score (nSPS) is 17.6. The molecule has 1 fully saturated rings. The van der Waals surface area contributed by atoms with E-state index in [0.29, 0.717) is 10.8 Å². The summed E-state index contributed by atoms with van der Waals surface area (Å²) in [5.41, 5.74) is 6.13. The summed E-state index contributed by atoms with van der Waals surface area (Å²) >= 11 is 1.34. The number of nitrogens with zero attached hydrogens (tertiary/aromatic N) is 2. The molecule has 0 radical (unpaired) electrons. The zero-order valence-corrected chi connectivity index (χ0v) is 11.4. The lowest BCUT2D eigenvalue weighted by Gasteiger charge is -2.16. The number of rotatable bonds is 3. The van der Waals surface area contributed by atoms with E-state index in [-0.39, 0.29) is 11.6 Å². The monoisotopic (exact) mass is 269 g/mol. The Morgan fingerprint density at radius 2 is 2.00 bits per heavy atom. The minimum absolute atomic E-state index is 0.159. The number of carboxylic acids is 1. The number of hydrogen-bond acceptors (Lipinski definition) is 4. The van der Waals surface area contributed by atoms with Crippen LogP contribution in [0.5, 0.6) is 0 Å². The number of carbonyl (C=O) groups is 1. The van der Waals surface area contributed by atoms with Crippen LogP contribution < -0.4 is 5.73 Å². The Morgan fingerprint density at radius 3 is 2.44 bits per heavy atom. The molecule has 2 rings (SSSR count). The van der Waals surface area contributed by atoms with Crippen molar-refractivity contribution in [2.75, 3.05) is 12.0 Å². The molecule has 1 aliphatic rings. The molecule has 6 heteroatoms. The van der Waals surface area contributed by atoms with E-state index in [1.807, 2.05) is 6.26 Å². The number of aromatic carboxylic acids is 1. The molecule has 0 unspecified atom stereocenters. The minimum atomic E-state index is -0.989. The molecule has 1 aromatic rings. The second-order valence-electron chi connectivity index (χ2n) is 4.66. The maximum Gasteiger partial charge on any atom is 0.342 e. The van der Waals surface area contributed by atoms with Crippen LogP contribution in [-0.4, -0.2) is 27.1 Å². The summed E-state index contributed by atoms with van der Waals surface area (Å²) in [6, 6.07) is 0.256. The predicted octanol–water partition coefficient (Wildman–Crippen LogP) is 2.78. The van der Waals surface area contributed by atoms with Crippen molar-refractivity contribution in [3.05, 3.63) is 5.56 Å². The van der Waals surface area contributed by atoms with Crippen LogP contribution >= 0.6 is 11.8 Å². The Kier molecular flexibility index (Phi) is 4.16. The Bertz CT molecular complexity index is 437. The highest BCUT2D eigenvalue weighted by atomic mass is 32.2. The molecule has 0 bridgehead atoms. The molecular weight excluding hydrogens is 250 g/mol. The van der Waals surface area contributed by atoms with Gasteiger partial charge in [-0.05, 0) is 19.1 Å². The molecule has 1 aliphatic carbocycles. The van der Waals surface area contributed by atoms with Gasteiger partial charge in [-0.25, -0.2) is 9.48 Å². The molecule has 18 heavy (non-hydrogen) atoms.